The lowest BCUT2D eigenvalue weighted by Gasteiger charge is -2.15. The summed E-state index contributed by atoms with van der Waals surface area (Å²) in [5.41, 5.74) is 0.750. The second-order valence-corrected chi connectivity index (χ2v) is 8.88. The number of aliphatic hydroxyl groups excluding tert-OH is 1. The van der Waals surface area contributed by atoms with E-state index in [-0.39, 0.29) is 28.9 Å². The lowest BCUT2D eigenvalue weighted by molar-refractivity contribution is 0.184. The van der Waals surface area contributed by atoms with Crippen molar-refractivity contribution < 1.29 is 13.5 Å². The molecule has 5 N–H and O–H groups in total. The first-order valence-corrected chi connectivity index (χ1v) is 11.0. The third-order valence-corrected chi connectivity index (χ3v) is 6.27. The minimum Gasteiger partial charge on any atom is -0.386 e. The van der Waals surface area contributed by atoms with Gasteiger partial charge in [-0.05, 0) is 35.2 Å². The summed E-state index contributed by atoms with van der Waals surface area (Å²) < 4.78 is 24.0. The normalized spacial score (nSPS) is 13.0. The molecule has 10 heteroatoms. The molecule has 1 unspecified atom stereocenters. The fraction of sp³-hybridized carbons (Fsp3) is 0.211. The van der Waals surface area contributed by atoms with E-state index in [1.54, 1.807) is 30.5 Å². The molecule has 0 saturated carbocycles. The molecule has 0 aliphatic heterocycles. The molecule has 3 rings (SSSR count). The number of fused-ring (bicyclic) bond motifs is 1. The zero-order valence-corrected chi connectivity index (χ0v) is 19.7. The number of nitrogens with one attached hydrogen (secondary N) is 2. The molecule has 0 bridgehead atoms. The van der Waals surface area contributed by atoms with Gasteiger partial charge in [0.05, 0.1) is 4.90 Å². The Balaban J connectivity index is 0.00000300. The standard InChI is InChI=1S/C19H22N4O3S2.HI/c1-21-19(22-11-13-5-4-7-15(9-13)28(20,25)26)23-12-16(24)18-10-14-6-2-3-8-17(14)27-18;/h2-10,16,24H,11-12H2,1H3,(H2,20,25,26)(H2,21,22,23);1H. The lowest BCUT2D eigenvalue weighted by Crippen LogP contribution is -2.38. The maximum absolute atomic E-state index is 11.5. The van der Waals surface area contributed by atoms with Crippen LogP contribution in [0.15, 0.2) is 64.5 Å². The van der Waals surface area contributed by atoms with E-state index in [4.69, 9.17) is 5.14 Å². The summed E-state index contributed by atoms with van der Waals surface area (Å²) in [6.45, 7) is 0.658. The van der Waals surface area contributed by atoms with E-state index < -0.39 is 16.1 Å². The highest BCUT2D eigenvalue weighted by atomic mass is 127. The van der Waals surface area contributed by atoms with E-state index in [0.717, 1.165) is 20.5 Å². The van der Waals surface area contributed by atoms with Gasteiger partial charge in [-0.15, -0.1) is 35.3 Å². The van der Waals surface area contributed by atoms with E-state index >= 15 is 0 Å². The molecule has 0 saturated heterocycles. The Morgan fingerprint density at radius 2 is 1.93 bits per heavy atom. The number of hydrogen-bond donors (Lipinski definition) is 4. The van der Waals surface area contributed by atoms with Crippen LogP contribution in [0, 0.1) is 0 Å². The Labute approximate surface area is 191 Å². The van der Waals surface area contributed by atoms with Gasteiger partial charge in [0.1, 0.15) is 6.10 Å². The van der Waals surface area contributed by atoms with Gasteiger partial charge in [0, 0.05) is 29.7 Å². The van der Waals surface area contributed by atoms with Crippen molar-refractivity contribution in [3.8, 4) is 0 Å². The average Bonchev–Trinajstić information content (AvgIpc) is 3.12. The molecule has 1 atom stereocenters. The topological polar surface area (TPSA) is 117 Å². The van der Waals surface area contributed by atoms with Gasteiger partial charge in [0.15, 0.2) is 5.96 Å². The van der Waals surface area contributed by atoms with E-state index in [2.05, 4.69) is 15.6 Å². The number of hydrogen-bond acceptors (Lipinski definition) is 5. The highest BCUT2D eigenvalue weighted by Gasteiger charge is 2.12. The molecule has 1 heterocycles. The molecule has 0 fully saturated rings. The van der Waals surface area contributed by atoms with Gasteiger partial charge >= 0.3 is 0 Å². The lowest BCUT2D eigenvalue weighted by atomic mass is 10.2. The van der Waals surface area contributed by atoms with Crippen molar-refractivity contribution in [2.75, 3.05) is 13.6 Å². The van der Waals surface area contributed by atoms with Crippen LogP contribution in [-0.2, 0) is 16.6 Å². The number of primary sulfonamides is 1. The van der Waals surface area contributed by atoms with E-state index in [0.29, 0.717) is 19.0 Å². The Morgan fingerprint density at radius 1 is 1.17 bits per heavy atom. The molecule has 0 radical (unpaired) electrons. The van der Waals surface area contributed by atoms with Crippen molar-refractivity contribution in [2.24, 2.45) is 10.1 Å². The summed E-state index contributed by atoms with van der Waals surface area (Å²) in [5.74, 6) is 0.501. The van der Waals surface area contributed by atoms with Crippen LogP contribution in [0.3, 0.4) is 0 Å². The van der Waals surface area contributed by atoms with Crippen molar-refractivity contribution in [3.05, 3.63) is 65.0 Å². The third-order valence-electron chi connectivity index (χ3n) is 4.15. The number of sulfonamides is 1. The molecule has 0 spiro atoms. The molecule has 3 aromatic rings. The largest absolute Gasteiger partial charge is 0.386 e. The Kier molecular flexibility index (Phi) is 8.40. The van der Waals surface area contributed by atoms with Crippen molar-refractivity contribution in [2.45, 2.75) is 17.5 Å². The van der Waals surface area contributed by atoms with Crippen LogP contribution in [0.2, 0.25) is 0 Å². The van der Waals surface area contributed by atoms with E-state index in [1.165, 1.54) is 12.1 Å². The summed E-state index contributed by atoms with van der Waals surface area (Å²) in [7, 11) is -2.11. The van der Waals surface area contributed by atoms with Crippen LogP contribution in [0.1, 0.15) is 16.5 Å². The molecule has 7 nitrogen and oxygen atoms in total. The Hall–Kier alpha value is -1.73. The second kappa shape index (κ2) is 10.3. The van der Waals surface area contributed by atoms with Crippen LogP contribution in [0.25, 0.3) is 10.1 Å². The predicted octanol–water partition coefficient (Wildman–Crippen LogP) is 2.57. The fourth-order valence-corrected chi connectivity index (χ4v) is 4.33. The predicted molar refractivity (Wildman–Crippen MR) is 128 cm³/mol. The van der Waals surface area contributed by atoms with Crippen LogP contribution in [-0.4, -0.2) is 33.1 Å². The number of benzene rings is 2. The second-order valence-electron chi connectivity index (χ2n) is 6.20. The van der Waals surface area contributed by atoms with Crippen molar-refractivity contribution in [1.29, 1.82) is 0 Å². The number of nitrogens with two attached hydrogens (primary N) is 1. The SMILES string of the molecule is CN=C(NCc1cccc(S(N)(=O)=O)c1)NCC(O)c1cc2ccccc2s1.I. The first kappa shape index (κ1) is 23.5. The fourth-order valence-electron chi connectivity index (χ4n) is 2.70. The Morgan fingerprint density at radius 3 is 2.62 bits per heavy atom. The number of guanidine groups is 1. The molecule has 0 aliphatic carbocycles. The quantitative estimate of drug-likeness (QED) is 0.216. The van der Waals surface area contributed by atoms with Crippen molar-refractivity contribution in [1.82, 2.24) is 10.6 Å². The summed E-state index contributed by atoms with van der Waals surface area (Å²) in [6.07, 6.45) is -0.665. The molecule has 2 aromatic carbocycles. The first-order chi connectivity index (χ1) is 13.4. The van der Waals surface area contributed by atoms with Gasteiger partial charge in [0.2, 0.25) is 10.0 Å². The maximum Gasteiger partial charge on any atom is 0.238 e. The zero-order chi connectivity index (χ0) is 20.1. The summed E-state index contributed by atoms with van der Waals surface area (Å²) in [4.78, 5) is 5.07. The summed E-state index contributed by atoms with van der Waals surface area (Å²) in [6, 6.07) is 16.4. The number of rotatable bonds is 6. The number of nitrogens with zero attached hydrogens (tertiary/aromatic N) is 1. The van der Waals surface area contributed by atoms with Crippen molar-refractivity contribution >= 4 is 61.4 Å². The molecule has 156 valence electrons. The molecular weight excluding hydrogens is 523 g/mol. The van der Waals surface area contributed by atoms with E-state index in [1.807, 2.05) is 30.3 Å². The minimum absolute atomic E-state index is 0. The van der Waals surface area contributed by atoms with Gasteiger partial charge in [-0.1, -0.05) is 30.3 Å². The molecule has 0 amide bonds. The van der Waals surface area contributed by atoms with Gasteiger partial charge in [-0.2, -0.15) is 0 Å². The average molecular weight is 546 g/mol. The first-order valence-electron chi connectivity index (χ1n) is 8.59. The molecule has 1 aromatic heterocycles. The maximum atomic E-state index is 11.5. The highest BCUT2D eigenvalue weighted by molar-refractivity contribution is 14.0. The zero-order valence-electron chi connectivity index (χ0n) is 15.7. The van der Waals surface area contributed by atoms with Crippen LogP contribution in [0.5, 0.6) is 0 Å². The third kappa shape index (κ3) is 6.37. The van der Waals surface area contributed by atoms with Gasteiger partial charge in [-0.3, -0.25) is 4.99 Å². The Bertz CT molecular complexity index is 1070. The number of halogens is 1. The highest BCUT2D eigenvalue weighted by Crippen LogP contribution is 2.29. The van der Waals surface area contributed by atoms with Crippen molar-refractivity contribution in [3.63, 3.8) is 0 Å². The number of aliphatic imine (C=N–C) groups is 1. The van der Waals surface area contributed by atoms with Crippen LogP contribution < -0.4 is 15.8 Å². The van der Waals surface area contributed by atoms with Gasteiger partial charge in [0.25, 0.3) is 0 Å². The molecule has 29 heavy (non-hydrogen) atoms. The summed E-state index contributed by atoms with van der Waals surface area (Å²) in [5, 5.41) is 22.9. The van der Waals surface area contributed by atoms with Crippen LogP contribution >= 0.6 is 35.3 Å². The molecular formula is C19H23IN4O3S2. The molecule has 0 aliphatic rings. The van der Waals surface area contributed by atoms with Gasteiger partial charge < -0.3 is 15.7 Å². The van der Waals surface area contributed by atoms with Gasteiger partial charge in [-0.25, -0.2) is 13.6 Å². The minimum atomic E-state index is -3.74. The smallest absolute Gasteiger partial charge is 0.238 e. The summed E-state index contributed by atoms with van der Waals surface area (Å²) >= 11 is 1.56. The van der Waals surface area contributed by atoms with Crippen LogP contribution in [0.4, 0.5) is 0 Å². The number of thiophene rings is 1. The number of aliphatic hydroxyl groups is 1. The monoisotopic (exact) mass is 546 g/mol. The van der Waals surface area contributed by atoms with E-state index in [9.17, 15) is 13.5 Å².